The van der Waals surface area contributed by atoms with Crippen LogP contribution >= 0.6 is 0 Å². The van der Waals surface area contributed by atoms with Crippen molar-refractivity contribution in [2.45, 2.75) is 6.92 Å². The fourth-order valence-electron chi connectivity index (χ4n) is 1.02. The number of nitrogens with one attached hydrogen (secondary N) is 1. The van der Waals surface area contributed by atoms with Gasteiger partial charge < -0.3 is 5.32 Å². The zero-order valence-corrected chi connectivity index (χ0v) is 8.17. The number of amides is 1. The Labute approximate surface area is 82.4 Å². The second-order valence-electron chi connectivity index (χ2n) is 2.97. The summed E-state index contributed by atoms with van der Waals surface area (Å²) < 4.78 is 13.2. The summed E-state index contributed by atoms with van der Waals surface area (Å²) in [7, 11) is 1.53. The van der Waals surface area contributed by atoms with E-state index >= 15 is 0 Å². The highest BCUT2D eigenvalue weighted by Crippen LogP contribution is 2.11. The van der Waals surface area contributed by atoms with E-state index in [0.717, 1.165) is 5.56 Å². The lowest BCUT2D eigenvalue weighted by Crippen LogP contribution is -2.13. The van der Waals surface area contributed by atoms with E-state index in [1.807, 2.05) is 6.92 Å². The van der Waals surface area contributed by atoms with Crippen LogP contribution in [0.3, 0.4) is 0 Å². The van der Waals surface area contributed by atoms with Gasteiger partial charge in [0, 0.05) is 18.7 Å². The van der Waals surface area contributed by atoms with Crippen molar-refractivity contribution < 1.29 is 9.18 Å². The smallest absolute Gasteiger partial charge is 0.243 e. The van der Waals surface area contributed by atoms with Crippen LogP contribution in [0.15, 0.2) is 24.3 Å². The second-order valence-corrected chi connectivity index (χ2v) is 2.97. The first-order valence-electron chi connectivity index (χ1n) is 4.29. The summed E-state index contributed by atoms with van der Waals surface area (Å²) in [4.78, 5) is 10.8. The minimum atomic E-state index is -0.315. The molecule has 1 N–H and O–H groups in total. The zero-order valence-electron chi connectivity index (χ0n) is 8.17. The highest BCUT2D eigenvalue weighted by Gasteiger charge is 1.98. The van der Waals surface area contributed by atoms with Crippen LogP contribution in [0.2, 0.25) is 0 Å². The lowest BCUT2D eigenvalue weighted by Gasteiger charge is -1.97. The van der Waals surface area contributed by atoms with Crippen molar-refractivity contribution in [3.8, 4) is 0 Å². The number of halogens is 1. The monoisotopic (exact) mass is 193 g/mol. The number of rotatable bonds is 2. The minimum Gasteiger partial charge on any atom is -0.356 e. The fraction of sp³-hybridized carbons (Fsp3) is 0.182. The van der Waals surface area contributed by atoms with Gasteiger partial charge in [0.05, 0.1) is 0 Å². The molecule has 0 unspecified atom stereocenters. The Morgan fingerprint density at radius 1 is 1.50 bits per heavy atom. The topological polar surface area (TPSA) is 29.1 Å². The van der Waals surface area contributed by atoms with Crippen LogP contribution in [0.4, 0.5) is 4.39 Å². The Bertz CT molecular complexity index is 372. The first-order valence-corrected chi connectivity index (χ1v) is 4.29. The average Bonchev–Trinajstić information content (AvgIpc) is 2.16. The molecule has 1 aromatic rings. The summed E-state index contributed by atoms with van der Waals surface area (Å²) in [5, 5.41) is 2.42. The van der Waals surface area contributed by atoms with E-state index in [-0.39, 0.29) is 11.7 Å². The molecule has 0 heterocycles. The zero-order chi connectivity index (χ0) is 10.6. The number of hydrogen-bond donors (Lipinski definition) is 1. The highest BCUT2D eigenvalue weighted by atomic mass is 19.1. The molecule has 0 spiro atoms. The van der Waals surface area contributed by atoms with Gasteiger partial charge in [-0.15, -0.1) is 0 Å². The average molecular weight is 193 g/mol. The number of carbonyl (C=O) groups is 1. The molecule has 0 radical (unpaired) electrons. The number of hydrogen-bond acceptors (Lipinski definition) is 1. The van der Waals surface area contributed by atoms with Crippen LogP contribution in [0.25, 0.3) is 6.08 Å². The maximum Gasteiger partial charge on any atom is 0.243 e. The fourth-order valence-corrected chi connectivity index (χ4v) is 1.02. The third-order valence-electron chi connectivity index (χ3n) is 1.82. The lowest BCUT2D eigenvalue weighted by atomic mass is 10.1. The van der Waals surface area contributed by atoms with Gasteiger partial charge in [-0.25, -0.2) is 4.39 Å². The van der Waals surface area contributed by atoms with Gasteiger partial charge >= 0.3 is 0 Å². The predicted molar refractivity (Wildman–Crippen MR) is 54.2 cm³/mol. The molecule has 0 saturated heterocycles. The van der Waals surface area contributed by atoms with Crippen LogP contribution in [-0.2, 0) is 4.79 Å². The molecule has 0 saturated carbocycles. The molecule has 1 amide bonds. The van der Waals surface area contributed by atoms with E-state index < -0.39 is 0 Å². The molecule has 1 rings (SSSR count). The summed E-state index contributed by atoms with van der Waals surface area (Å²) in [5.41, 5.74) is 1.28. The van der Waals surface area contributed by atoms with E-state index in [1.165, 1.54) is 25.3 Å². The molecule has 0 bridgehead atoms. The molecular formula is C11H12FNO. The van der Waals surface area contributed by atoms with Crippen molar-refractivity contribution in [2.75, 3.05) is 7.05 Å². The van der Waals surface area contributed by atoms with Gasteiger partial charge in [0.1, 0.15) is 5.82 Å². The Morgan fingerprint density at radius 2 is 2.21 bits per heavy atom. The summed E-state index contributed by atoms with van der Waals surface area (Å²) in [6.45, 7) is 1.81. The van der Waals surface area contributed by atoms with Gasteiger partial charge in [-0.2, -0.15) is 0 Å². The van der Waals surface area contributed by atoms with Crippen molar-refractivity contribution in [3.63, 3.8) is 0 Å². The Morgan fingerprint density at radius 3 is 2.79 bits per heavy atom. The summed E-state index contributed by atoms with van der Waals surface area (Å²) in [5.74, 6) is -0.560. The molecule has 0 aromatic heterocycles. The van der Waals surface area contributed by atoms with E-state index in [2.05, 4.69) is 5.32 Å². The Balaban J connectivity index is 2.87. The molecular weight excluding hydrogens is 181 g/mol. The summed E-state index contributed by atoms with van der Waals surface area (Å²) in [6, 6.07) is 4.88. The number of aryl methyl sites for hydroxylation is 1. The normalized spacial score (nSPS) is 10.5. The van der Waals surface area contributed by atoms with Crippen molar-refractivity contribution in [2.24, 2.45) is 0 Å². The molecule has 2 nitrogen and oxygen atoms in total. The minimum absolute atomic E-state index is 0.245. The van der Waals surface area contributed by atoms with E-state index in [9.17, 15) is 9.18 Å². The van der Waals surface area contributed by atoms with Crippen molar-refractivity contribution in [1.29, 1.82) is 0 Å². The van der Waals surface area contributed by atoms with Crippen LogP contribution < -0.4 is 5.32 Å². The van der Waals surface area contributed by atoms with Crippen LogP contribution in [0.1, 0.15) is 11.1 Å². The number of likely N-dealkylation sites (N-methyl/N-ethyl adjacent to an activating group) is 1. The molecule has 0 aliphatic heterocycles. The second kappa shape index (κ2) is 4.56. The standard InChI is InChI=1S/C11H12FNO/c1-8-3-4-9(10(12)7-8)5-6-11(14)13-2/h3-7H,1-2H3,(H,13,14). The van der Waals surface area contributed by atoms with Crippen molar-refractivity contribution >= 4 is 12.0 Å². The predicted octanol–water partition coefficient (Wildman–Crippen LogP) is 1.89. The first-order chi connectivity index (χ1) is 6.63. The van der Waals surface area contributed by atoms with Gasteiger partial charge in [-0.05, 0) is 24.6 Å². The third kappa shape index (κ3) is 2.69. The molecule has 0 fully saturated rings. The van der Waals surface area contributed by atoms with Crippen LogP contribution in [-0.4, -0.2) is 13.0 Å². The van der Waals surface area contributed by atoms with Crippen LogP contribution in [0.5, 0.6) is 0 Å². The molecule has 74 valence electrons. The quantitative estimate of drug-likeness (QED) is 0.714. The maximum absolute atomic E-state index is 13.2. The van der Waals surface area contributed by atoms with Crippen molar-refractivity contribution in [1.82, 2.24) is 5.32 Å². The van der Waals surface area contributed by atoms with Gasteiger partial charge in [0.2, 0.25) is 5.91 Å². The summed E-state index contributed by atoms with van der Waals surface area (Å²) in [6.07, 6.45) is 2.75. The van der Waals surface area contributed by atoms with Crippen LogP contribution in [0, 0.1) is 12.7 Å². The number of benzene rings is 1. The largest absolute Gasteiger partial charge is 0.356 e. The first kappa shape index (κ1) is 10.4. The van der Waals surface area contributed by atoms with E-state index in [4.69, 9.17) is 0 Å². The van der Waals surface area contributed by atoms with E-state index in [0.29, 0.717) is 5.56 Å². The van der Waals surface area contributed by atoms with Gasteiger partial charge in [0.15, 0.2) is 0 Å². The van der Waals surface area contributed by atoms with E-state index in [1.54, 1.807) is 12.1 Å². The Kier molecular flexibility index (Phi) is 3.40. The van der Waals surface area contributed by atoms with Gasteiger partial charge in [-0.1, -0.05) is 12.1 Å². The van der Waals surface area contributed by atoms with Crippen molar-refractivity contribution in [3.05, 3.63) is 41.2 Å². The molecule has 0 aliphatic rings. The molecule has 14 heavy (non-hydrogen) atoms. The van der Waals surface area contributed by atoms with Gasteiger partial charge in [0.25, 0.3) is 0 Å². The summed E-state index contributed by atoms with van der Waals surface area (Å²) >= 11 is 0. The van der Waals surface area contributed by atoms with Gasteiger partial charge in [-0.3, -0.25) is 4.79 Å². The molecule has 3 heteroatoms. The Hall–Kier alpha value is -1.64. The molecule has 0 atom stereocenters. The highest BCUT2D eigenvalue weighted by molar-refractivity contribution is 5.91. The SMILES string of the molecule is CNC(=O)C=Cc1ccc(C)cc1F. The third-order valence-corrected chi connectivity index (χ3v) is 1.82. The molecule has 1 aromatic carbocycles. The maximum atomic E-state index is 13.2. The lowest BCUT2D eigenvalue weighted by molar-refractivity contribution is -0.115. The molecule has 0 aliphatic carbocycles. The number of carbonyl (C=O) groups excluding carboxylic acids is 1.